The van der Waals surface area contributed by atoms with E-state index in [1.54, 1.807) is 0 Å². The van der Waals surface area contributed by atoms with E-state index in [0.29, 0.717) is 0 Å². The molecule has 16 rings (SSSR count). The van der Waals surface area contributed by atoms with E-state index in [4.69, 9.17) is 0 Å². The maximum Gasteiger partial charge on any atom is 0.0542 e. The molecule has 0 fully saturated rings. The summed E-state index contributed by atoms with van der Waals surface area (Å²) < 4.78 is 4.82. The Bertz CT molecular complexity index is 4820. The zero-order valence-electron chi connectivity index (χ0n) is 48.3. The number of hydrogen-bond acceptors (Lipinski definition) is 2. The van der Waals surface area contributed by atoms with Gasteiger partial charge in [-0.15, -0.1) is 0 Å². The summed E-state index contributed by atoms with van der Waals surface area (Å²) in [6.45, 7) is 0. The lowest BCUT2D eigenvalue weighted by Crippen LogP contribution is -2.10. The van der Waals surface area contributed by atoms with Crippen molar-refractivity contribution in [2.45, 2.75) is 0 Å². The molecule has 0 radical (unpaired) electrons. The van der Waals surface area contributed by atoms with Crippen molar-refractivity contribution in [2.75, 3.05) is 9.80 Å². The van der Waals surface area contributed by atoms with Crippen molar-refractivity contribution in [3.8, 4) is 67.0 Å². The summed E-state index contributed by atoms with van der Waals surface area (Å²) >= 11 is 0. The van der Waals surface area contributed by atoms with Crippen LogP contribution in [0.5, 0.6) is 0 Å². The second-order valence-electron chi connectivity index (χ2n) is 22.5. The molecule has 0 aliphatic carbocycles. The Morgan fingerprint density at radius 1 is 0.159 bits per heavy atom. The number of rotatable bonds is 13. The third-order valence-corrected chi connectivity index (χ3v) is 17.3. The summed E-state index contributed by atoms with van der Waals surface area (Å²) in [6, 6.07) is 128. The van der Waals surface area contributed by atoms with Crippen LogP contribution in [-0.2, 0) is 0 Å². The average Bonchev–Trinajstić information content (AvgIpc) is 2.29. The van der Waals surface area contributed by atoms with Crippen LogP contribution < -0.4 is 9.80 Å². The summed E-state index contributed by atoms with van der Waals surface area (Å²) in [5.74, 6) is 0. The summed E-state index contributed by atoms with van der Waals surface area (Å²) in [4.78, 5) is 4.74. The molecule has 14 aromatic carbocycles. The topological polar surface area (TPSA) is 16.3 Å². The minimum atomic E-state index is 1.08. The molecule has 88 heavy (non-hydrogen) atoms. The molecule has 0 saturated heterocycles. The first kappa shape index (κ1) is 51.9. The highest BCUT2D eigenvalue weighted by Gasteiger charge is 2.21. The molecule has 2 heterocycles. The number of hydrogen-bond donors (Lipinski definition) is 0. The van der Waals surface area contributed by atoms with E-state index in [2.05, 4.69) is 371 Å². The third kappa shape index (κ3) is 9.56. The monoisotopic (exact) mass is 1120 g/mol. The van der Waals surface area contributed by atoms with Crippen molar-refractivity contribution in [1.29, 1.82) is 0 Å². The van der Waals surface area contributed by atoms with Gasteiger partial charge in [0.15, 0.2) is 0 Å². The molecule has 4 heteroatoms. The molecule has 16 aromatic rings. The van der Waals surface area contributed by atoms with Gasteiger partial charge in [0.1, 0.15) is 0 Å². The van der Waals surface area contributed by atoms with Crippen LogP contribution in [0.15, 0.2) is 352 Å². The zero-order chi connectivity index (χ0) is 58.3. The van der Waals surface area contributed by atoms with Crippen molar-refractivity contribution in [2.24, 2.45) is 0 Å². The highest BCUT2D eigenvalue weighted by Crippen LogP contribution is 2.44. The van der Waals surface area contributed by atoms with Crippen molar-refractivity contribution in [1.82, 2.24) is 9.13 Å². The highest BCUT2D eigenvalue weighted by molar-refractivity contribution is 6.12. The van der Waals surface area contributed by atoms with Gasteiger partial charge < -0.3 is 18.9 Å². The van der Waals surface area contributed by atoms with Gasteiger partial charge in [0, 0.05) is 67.0 Å². The van der Waals surface area contributed by atoms with Crippen molar-refractivity contribution in [3.63, 3.8) is 0 Å². The number of aromatic nitrogens is 2. The van der Waals surface area contributed by atoms with Gasteiger partial charge in [-0.05, 0) is 177 Å². The van der Waals surface area contributed by atoms with Crippen LogP contribution in [0.4, 0.5) is 34.1 Å². The summed E-state index contributed by atoms with van der Waals surface area (Å²) in [6.07, 6.45) is 0. The van der Waals surface area contributed by atoms with Crippen molar-refractivity contribution >= 4 is 77.7 Å². The minimum absolute atomic E-state index is 1.08. The number of benzene rings is 14. The van der Waals surface area contributed by atoms with Crippen LogP contribution in [0.3, 0.4) is 0 Å². The van der Waals surface area contributed by atoms with Crippen LogP contribution >= 0.6 is 0 Å². The largest absolute Gasteiger partial charge is 0.310 e. The minimum Gasteiger partial charge on any atom is -0.310 e. The smallest absolute Gasteiger partial charge is 0.0542 e. The van der Waals surface area contributed by atoms with Crippen LogP contribution in [0, 0.1) is 0 Å². The first-order valence-electron chi connectivity index (χ1n) is 30.1. The molecule has 0 bridgehead atoms. The fourth-order valence-corrected chi connectivity index (χ4v) is 13.0. The van der Waals surface area contributed by atoms with Gasteiger partial charge >= 0.3 is 0 Å². The normalized spacial score (nSPS) is 11.4. The van der Waals surface area contributed by atoms with Gasteiger partial charge in [-0.3, -0.25) is 0 Å². The lowest BCUT2D eigenvalue weighted by molar-refractivity contribution is 1.18. The van der Waals surface area contributed by atoms with Crippen LogP contribution in [0.2, 0.25) is 0 Å². The second kappa shape index (κ2) is 22.4. The van der Waals surface area contributed by atoms with Gasteiger partial charge in [0.05, 0.1) is 22.1 Å². The fraction of sp³-hybridized carbons (Fsp3) is 0. The highest BCUT2D eigenvalue weighted by atomic mass is 15.1. The van der Waals surface area contributed by atoms with Crippen LogP contribution in [0.25, 0.3) is 111 Å². The second-order valence-corrected chi connectivity index (χ2v) is 22.5. The summed E-state index contributed by atoms with van der Waals surface area (Å²) in [7, 11) is 0. The van der Waals surface area contributed by atoms with E-state index in [0.717, 1.165) is 67.7 Å². The molecule has 0 spiro atoms. The number of para-hydroxylation sites is 4. The predicted octanol–water partition coefficient (Wildman–Crippen LogP) is 23.2. The Morgan fingerprint density at radius 2 is 0.420 bits per heavy atom. The van der Waals surface area contributed by atoms with Gasteiger partial charge in [-0.1, -0.05) is 231 Å². The molecule has 0 amide bonds. The first-order valence-corrected chi connectivity index (χ1v) is 30.1. The van der Waals surface area contributed by atoms with E-state index in [-0.39, 0.29) is 0 Å². The van der Waals surface area contributed by atoms with E-state index < -0.39 is 0 Å². The fourth-order valence-electron chi connectivity index (χ4n) is 13.0. The summed E-state index contributed by atoms with van der Waals surface area (Å²) in [5.41, 5.74) is 25.3. The maximum atomic E-state index is 2.41. The van der Waals surface area contributed by atoms with Gasteiger partial charge in [-0.2, -0.15) is 0 Å². The number of nitrogens with zero attached hydrogens (tertiary/aromatic N) is 4. The van der Waals surface area contributed by atoms with Gasteiger partial charge in [0.25, 0.3) is 0 Å². The van der Waals surface area contributed by atoms with Crippen LogP contribution in [0.1, 0.15) is 0 Å². The molecular weight excluding hydrogens is 1060 g/mol. The molecular formula is C84H58N4. The lowest BCUT2D eigenvalue weighted by atomic mass is 10.00. The van der Waals surface area contributed by atoms with E-state index in [1.165, 1.54) is 77.1 Å². The SMILES string of the molecule is c1ccc(-c2ccc(-c3cccc(-n4c5ccccc5c5cc(N(c6ccccc6)c6ccc(-c7ccc(N(c8ccccc8)c8ccc9c(c8)c8ccccc8n9-c8cccc(-c9ccc(-c%10ccccc%10)cc9)c8)cc7)cc6)ccc54)c3)cc2)cc1. The first-order chi connectivity index (χ1) is 43.6. The Hall–Kier alpha value is -11.7. The van der Waals surface area contributed by atoms with E-state index in [9.17, 15) is 0 Å². The molecule has 0 saturated carbocycles. The van der Waals surface area contributed by atoms with Gasteiger partial charge in [0.2, 0.25) is 0 Å². The molecule has 4 nitrogen and oxygen atoms in total. The Kier molecular flexibility index (Phi) is 13.2. The van der Waals surface area contributed by atoms with Crippen molar-refractivity contribution < 1.29 is 0 Å². The Balaban J connectivity index is 0.706. The van der Waals surface area contributed by atoms with Crippen LogP contribution in [-0.4, -0.2) is 9.13 Å². The summed E-state index contributed by atoms with van der Waals surface area (Å²) in [5, 5.41) is 4.81. The molecule has 2 aromatic heterocycles. The van der Waals surface area contributed by atoms with E-state index >= 15 is 0 Å². The average molecular weight is 1120 g/mol. The predicted molar refractivity (Wildman–Crippen MR) is 372 cm³/mol. The van der Waals surface area contributed by atoms with Crippen molar-refractivity contribution in [3.05, 3.63) is 352 Å². The molecule has 414 valence electrons. The number of fused-ring (bicyclic) bond motifs is 6. The molecule has 0 aliphatic heterocycles. The Labute approximate surface area is 512 Å². The maximum absolute atomic E-state index is 2.41. The zero-order valence-corrected chi connectivity index (χ0v) is 48.3. The van der Waals surface area contributed by atoms with E-state index in [1.807, 2.05) is 0 Å². The molecule has 0 atom stereocenters. The standard InChI is InChI=1S/C84H58N4/c1-5-19-59(20-6-1)61-35-39-65(40-36-61)67-23-17-29-73(55-67)87-81-33-15-13-31-77(81)79-57-75(51-53-83(79)87)85(69-25-9-3-10-26-69)71-47-43-63(44-48-71)64-45-49-72(50-46-64)86(70-27-11-4-12-28-70)76-52-54-84-80(58-76)78-32-14-16-34-82(78)88(84)74-30-18-24-68(56-74)66-41-37-62(38-42-66)60-21-7-2-8-22-60/h1-58H. The Morgan fingerprint density at radius 3 is 0.795 bits per heavy atom. The number of anilines is 6. The molecule has 0 aliphatic rings. The lowest BCUT2D eigenvalue weighted by Gasteiger charge is -2.26. The molecule has 0 N–H and O–H groups in total. The molecule has 0 unspecified atom stereocenters. The quantitative estimate of drug-likeness (QED) is 0.114. The third-order valence-electron chi connectivity index (χ3n) is 17.3. The van der Waals surface area contributed by atoms with Gasteiger partial charge in [-0.25, -0.2) is 0 Å².